The van der Waals surface area contributed by atoms with E-state index in [0.717, 1.165) is 38.5 Å². The first-order valence-electron chi connectivity index (χ1n) is 9.91. The molecular weight excluding hydrogens is 336 g/mol. The third kappa shape index (κ3) is 13.1. The van der Waals surface area contributed by atoms with Crippen molar-refractivity contribution in [2.45, 2.75) is 91.6 Å². The molecule has 0 aliphatic carbocycles. The first-order valence-corrected chi connectivity index (χ1v) is 9.91. The van der Waals surface area contributed by atoms with Gasteiger partial charge in [0.25, 0.3) is 0 Å². The molecule has 0 amide bonds. The number of hydrogen-bond acceptors (Lipinski definition) is 5. The molecule has 2 unspecified atom stereocenters. The SMILES string of the molecule is CCC(CCCCOOCCCCC(CC)C(=O)OC(C)(C)C)C(=O)O. The van der Waals surface area contributed by atoms with Gasteiger partial charge in [0, 0.05) is 0 Å². The van der Waals surface area contributed by atoms with Crippen LogP contribution in [-0.2, 0) is 24.1 Å². The van der Waals surface area contributed by atoms with Gasteiger partial charge in [-0.2, -0.15) is 0 Å². The Hall–Kier alpha value is -1.14. The topological polar surface area (TPSA) is 82.1 Å². The molecule has 0 heterocycles. The van der Waals surface area contributed by atoms with Gasteiger partial charge in [0.1, 0.15) is 5.60 Å². The van der Waals surface area contributed by atoms with Gasteiger partial charge in [-0.25, -0.2) is 9.78 Å². The Morgan fingerprint density at radius 1 is 0.846 bits per heavy atom. The van der Waals surface area contributed by atoms with Crippen molar-refractivity contribution in [2.24, 2.45) is 11.8 Å². The maximum Gasteiger partial charge on any atom is 0.309 e. The lowest BCUT2D eigenvalue weighted by molar-refractivity contribution is -0.295. The van der Waals surface area contributed by atoms with Crippen LogP contribution in [0.4, 0.5) is 0 Å². The molecule has 0 bridgehead atoms. The Bertz CT molecular complexity index is 388. The number of esters is 1. The van der Waals surface area contributed by atoms with Crippen LogP contribution >= 0.6 is 0 Å². The van der Waals surface area contributed by atoms with Crippen LogP contribution in [0.5, 0.6) is 0 Å². The van der Waals surface area contributed by atoms with Crippen LogP contribution in [0.15, 0.2) is 0 Å². The van der Waals surface area contributed by atoms with Gasteiger partial charge in [-0.3, -0.25) is 9.59 Å². The number of unbranched alkanes of at least 4 members (excludes halogenated alkanes) is 2. The lowest BCUT2D eigenvalue weighted by Gasteiger charge is -2.23. The molecule has 0 aromatic rings. The van der Waals surface area contributed by atoms with Gasteiger partial charge in [0.05, 0.1) is 25.0 Å². The molecule has 0 aromatic heterocycles. The minimum atomic E-state index is -0.721. The van der Waals surface area contributed by atoms with Crippen molar-refractivity contribution < 1.29 is 29.2 Å². The quantitative estimate of drug-likeness (QED) is 0.193. The summed E-state index contributed by atoms with van der Waals surface area (Å²) in [6.45, 7) is 10.5. The first-order chi connectivity index (χ1) is 12.2. The van der Waals surface area contributed by atoms with Gasteiger partial charge < -0.3 is 9.84 Å². The summed E-state index contributed by atoms with van der Waals surface area (Å²) in [5.41, 5.74) is -0.441. The molecule has 0 saturated heterocycles. The average molecular weight is 375 g/mol. The first kappa shape index (κ1) is 24.9. The second-order valence-corrected chi connectivity index (χ2v) is 7.72. The number of aliphatic carboxylic acids is 1. The fourth-order valence-electron chi connectivity index (χ4n) is 2.60. The Labute approximate surface area is 158 Å². The highest BCUT2D eigenvalue weighted by atomic mass is 17.2. The summed E-state index contributed by atoms with van der Waals surface area (Å²) < 4.78 is 5.43. The van der Waals surface area contributed by atoms with E-state index in [-0.39, 0.29) is 17.8 Å². The molecule has 2 atom stereocenters. The summed E-state index contributed by atoms with van der Waals surface area (Å²) >= 11 is 0. The van der Waals surface area contributed by atoms with Gasteiger partial charge in [-0.15, -0.1) is 0 Å². The van der Waals surface area contributed by atoms with E-state index in [1.807, 2.05) is 34.6 Å². The second-order valence-electron chi connectivity index (χ2n) is 7.72. The van der Waals surface area contributed by atoms with Gasteiger partial charge in [0.2, 0.25) is 0 Å². The number of carbonyl (C=O) groups excluding carboxylic acids is 1. The number of carboxylic acids is 1. The minimum Gasteiger partial charge on any atom is -0.481 e. The van der Waals surface area contributed by atoms with E-state index in [9.17, 15) is 9.59 Å². The van der Waals surface area contributed by atoms with E-state index in [2.05, 4.69) is 0 Å². The third-order valence-electron chi connectivity index (χ3n) is 4.22. The maximum absolute atomic E-state index is 12.1. The zero-order chi connectivity index (χ0) is 20.0. The minimum absolute atomic E-state index is 0.0594. The van der Waals surface area contributed by atoms with Crippen LogP contribution in [0.2, 0.25) is 0 Å². The lowest BCUT2D eigenvalue weighted by Crippen LogP contribution is -2.28. The van der Waals surface area contributed by atoms with Crippen molar-refractivity contribution in [3.05, 3.63) is 0 Å². The molecule has 0 spiro atoms. The highest BCUT2D eigenvalue weighted by Gasteiger charge is 2.23. The summed E-state index contributed by atoms with van der Waals surface area (Å²) in [6, 6.07) is 0. The number of ether oxygens (including phenoxy) is 1. The average Bonchev–Trinajstić information content (AvgIpc) is 2.54. The van der Waals surface area contributed by atoms with E-state index >= 15 is 0 Å². The summed E-state index contributed by atoms with van der Waals surface area (Å²) in [5.74, 6) is -1.16. The zero-order valence-corrected chi connectivity index (χ0v) is 17.2. The highest BCUT2D eigenvalue weighted by Crippen LogP contribution is 2.18. The molecule has 0 fully saturated rings. The molecule has 6 heteroatoms. The molecule has 0 aliphatic heterocycles. The molecule has 0 aromatic carbocycles. The molecule has 26 heavy (non-hydrogen) atoms. The smallest absolute Gasteiger partial charge is 0.309 e. The highest BCUT2D eigenvalue weighted by molar-refractivity contribution is 5.72. The second kappa shape index (κ2) is 14.0. The van der Waals surface area contributed by atoms with Crippen LogP contribution in [0, 0.1) is 11.8 Å². The molecule has 0 radical (unpaired) electrons. The number of hydrogen-bond donors (Lipinski definition) is 1. The molecular formula is C20H38O6. The van der Waals surface area contributed by atoms with Crippen molar-refractivity contribution in [3.8, 4) is 0 Å². The zero-order valence-electron chi connectivity index (χ0n) is 17.2. The summed E-state index contributed by atoms with van der Waals surface area (Å²) in [4.78, 5) is 33.2. The Kier molecular flexibility index (Phi) is 13.4. The monoisotopic (exact) mass is 374 g/mol. The van der Waals surface area contributed by atoms with E-state index in [0.29, 0.717) is 26.1 Å². The lowest BCUT2D eigenvalue weighted by atomic mass is 9.99. The summed E-state index contributed by atoms with van der Waals surface area (Å²) in [7, 11) is 0. The summed E-state index contributed by atoms with van der Waals surface area (Å²) in [5, 5.41) is 8.96. The van der Waals surface area contributed by atoms with Crippen molar-refractivity contribution in [1.29, 1.82) is 0 Å². The number of carboxylic acid groups (broad SMARTS) is 1. The standard InChI is InChI=1S/C20H38O6/c1-6-16(18(21)22)12-8-10-14-24-25-15-11-9-13-17(7-2)19(23)26-20(3,4)5/h16-17H,6-15H2,1-5H3,(H,21,22). The summed E-state index contributed by atoms with van der Waals surface area (Å²) in [6.07, 6.45) is 6.24. The molecule has 6 nitrogen and oxygen atoms in total. The van der Waals surface area contributed by atoms with Crippen LogP contribution in [0.3, 0.4) is 0 Å². The number of carbonyl (C=O) groups is 2. The van der Waals surface area contributed by atoms with Crippen LogP contribution in [0.25, 0.3) is 0 Å². The van der Waals surface area contributed by atoms with Gasteiger partial charge in [0.15, 0.2) is 0 Å². The fourth-order valence-corrected chi connectivity index (χ4v) is 2.60. The Morgan fingerprint density at radius 3 is 1.69 bits per heavy atom. The van der Waals surface area contributed by atoms with Crippen molar-refractivity contribution in [2.75, 3.05) is 13.2 Å². The Balaban J connectivity index is 3.63. The molecule has 1 N–H and O–H groups in total. The predicted molar refractivity (Wildman–Crippen MR) is 101 cm³/mol. The van der Waals surface area contributed by atoms with Gasteiger partial charge >= 0.3 is 11.9 Å². The van der Waals surface area contributed by atoms with Gasteiger partial charge in [-0.1, -0.05) is 26.7 Å². The van der Waals surface area contributed by atoms with E-state index in [1.165, 1.54) is 0 Å². The predicted octanol–water partition coefficient (Wildman–Crippen LogP) is 4.75. The van der Waals surface area contributed by atoms with E-state index in [1.54, 1.807) is 0 Å². The van der Waals surface area contributed by atoms with Crippen LogP contribution < -0.4 is 0 Å². The molecule has 154 valence electrons. The van der Waals surface area contributed by atoms with Crippen LogP contribution in [-0.4, -0.2) is 35.9 Å². The molecule has 0 aliphatic rings. The van der Waals surface area contributed by atoms with E-state index in [4.69, 9.17) is 19.6 Å². The maximum atomic E-state index is 12.1. The third-order valence-corrected chi connectivity index (χ3v) is 4.22. The normalized spacial score (nSPS) is 14.0. The van der Waals surface area contributed by atoms with Crippen molar-refractivity contribution in [1.82, 2.24) is 0 Å². The fraction of sp³-hybridized carbons (Fsp3) is 0.900. The molecule has 0 rings (SSSR count). The molecule has 0 saturated carbocycles. The van der Waals surface area contributed by atoms with Crippen LogP contribution in [0.1, 0.15) is 86.0 Å². The van der Waals surface area contributed by atoms with Gasteiger partial charge in [-0.05, 0) is 59.3 Å². The van der Waals surface area contributed by atoms with Crippen molar-refractivity contribution >= 4 is 11.9 Å². The number of rotatable bonds is 15. The Morgan fingerprint density at radius 2 is 1.31 bits per heavy atom. The van der Waals surface area contributed by atoms with Crippen molar-refractivity contribution in [3.63, 3.8) is 0 Å². The van der Waals surface area contributed by atoms with E-state index < -0.39 is 11.6 Å². The largest absolute Gasteiger partial charge is 0.481 e.